The summed E-state index contributed by atoms with van der Waals surface area (Å²) in [4.78, 5) is 40.8. The number of esters is 2. The number of anilines is 1. The number of nitrogens with zero attached hydrogens (tertiary/aromatic N) is 1. The van der Waals surface area contributed by atoms with Gasteiger partial charge in [-0.2, -0.15) is 0 Å². The third-order valence-corrected chi connectivity index (χ3v) is 5.27. The highest BCUT2D eigenvalue weighted by atomic mass is 16.5. The number of hydrogen-bond acceptors (Lipinski definition) is 7. The highest BCUT2D eigenvalue weighted by Gasteiger charge is 2.57. The maximum absolute atomic E-state index is 13.0. The smallest absolute Gasteiger partial charge is 0.317 e. The Bertz CT molecular complexity index is 773. The highest BCUT2D eigenvalue weighted by Crippen LogP contribution is 2.47. The van der Waals surface area contributed by atoms with E-state index < -0.39 is 53.3 Å². The molecule has 7 nitrogen and oxygen atoms in total. The Balaban J connectivity index is 2.61. The zero-order chi connectivity index (χ0) is 22.8. The molecule has 30 heavy (non-hydrogen) atoms. The first kappa shape index (κ1) is 23.9. The van der Waals surface area contributed by atoms with E-state index in [0.29, 0.717) is 5.56 Å². The lowest BCUT2D eigenvalue weighted by atomic mass is 9.61. The number of ketones is 1. The lowest BCUT2D eigenvalue weighted by Crippen LogP contribution is -2.55. The molecule has 0 aliphatic heterocycles. The molecule has 0 heterocycles. The van der Waals surface area contributed by atoms with Crippen LogP contribution < -0.4 is 4.90 Å². The first-order valence-corrected chi connectivity index (χ1v) is 10.3. The van der Waals surface area contributed by atoms with E-state index in [-0.39, 0.29) is 6.42 Å². The topological polar surface area (TPSA) is 93.1 Å². The van der Waals surface area contributed by atoms with Crippen LogP contribution in [-0.4, -0.2) is 54.7 Å². The molecule has 1 fully saturated rings. The molecule has 0 aromatic heterocycles. The highest BCUT2D eigenvalue weighted by molar-refractivity contribution is 6.02. The maximum atomic E-state index is 13.0. The van der Waals surface area contributed by atoms with E-state index in [0.717, 1.165) is 5.69 Å². The number of hydrogen-bond donors (Lipinski definition) is 1. The van der Waals surface area contributed by atoms with Crippen molar-refractivity contribution < 1.29 is 29.0 Å². The molecule has 1 aromatic carbocycles. The van der Waals surface area contributed by atoms with Crippen molar-refractivity contribution in [2.75, 3.05) is 19.0 Å². The van der Waals surface area contributed by atoms with Crippen LogP contribution in [0.3, 0.4) is 0 Å². The van der Waals surface area contributed by atoms with Crippen LogP contribution in [0.4, 0.5) is 5.69 Å². The van der Waals surface area contributed by atoms with E-state index in [4.69, 9.17) is 9.47 Å². The standard InChI is InChI=1S/C23H33NO6/c1-13(2)29-21(26)19-17(25)12-23(5,28)20(22(27)30-14(3)4)18(19)15-8-10-16(11-9-15)24(6)7/h8-11,13-14,18-20,28H,12H2,1-7H3/t18-,19+,20-,23-/m0/s1. The molecular formula is C23H33NO6. The van der Waals surface area contributed by atoms with Gasteiger partial charge in [0.2, 0.25) is 0 Å². The summed E-state index contributed by atoms with van der Waals surface area (Å²) in [5.41, 5.74) is -0.122. The van der Waals surface area contributed by atoms with Gasteiger partial charge in [0.25, 0.3) is 0 Å². The molecule has 1 aliphatic rings. The van der Waals surface area contributed by atoms with Crippen LogP contribution in [-0.2, 0) is 23.9 Å². The number of carbonyl (C=O) groups is 3. The summed E-state index contributed by atoms with van der Waals surface area (Å²) in [5, 5.41) is 11.1. The Morgan fingerprint density at radius 3 is 2.00 bits per heavy atom. The lowest BCUT2D eigenvalue weighted by molar-refractivity contribution is -0.176. The van der Waals surface area contributed by atoms with E-state index in [1.807, 2.05) is 31.1 Å². The summed E-state index contributed by atoms with van der Waals surface area (Å²) in [7, 11) is 3.80. The number of aliphatic hydroxyl groups is 1. The van der Waals surface area contributed by atoms with Crippen LogP contribution in [0.1, 0.15) is 52.5 Å². The molecule has 0 unspecified atom stereocenters. The lowest BCUT2D eigenvalue weighted by Gasteiger charge is -2.44. The Hall–Kier alpha value is -2.41. The SMILES string of the molecule is CC(C)OC(=O)[C@@H]1C(=O)C[C@](C)(O)[C@H](C(=O)OC(C)C)[C@H]1c1ccc(N(C)C)cc1. The molecule has 1 aliphatic carbocycles. The van der Waals surface area contributed by atoms with E-state index in [9.17, 15) is 19.5 Å². The predicted octanol–water partition coefficient (Wildman–Crippen LogP) is 2.70. The van der Waals surface area contributed by atoms with Crippen LogP contribution in [0.25, 0.3) is 0 Å². The quantitative estimate of drug-likeness (QED) is 0.560. The molecule has 1 aromatic rings. The van der Waals surface area contributed by atoms with Gasteiger partial charge in [0.05, 0.1) is 23.7 Å². The van der Waals surface area contributed by atoms with Crippen molar-refractivity contribution in [2.45, 2.75) is 64.8 Å². The third-order valence-electron chi connectivity index (χ3n) is 5.27. The average Bonchev–Trinajstić information content (AvgIpc) is 2.58. The molecular weight excluding hydrogens is 386 g/mol. The van der Waals surface area contributed by atoms with Gasteiger partial charge in [-0.1, -0.05) is 12.1 Å². The minimum absolute atomic E-state index is 0.324. The van der Waals surface area contributed by atoms with Gasteiger partial charge < -0.3 is 19.5 Å². The minimum Gasteiger partial charge on any atom is -0.463 e. The fraction of sp³-hybridized carbons (Fsp3) is 0.609. The third kappa shape index (κ3) is 5.19. The largest absolute Gasteiger partial charge is 0.463 e. The number of carbonyl (C=O) groups excluding carboxylic acids is 3. The van der Waals surface area contributed by atoms with Crippen molar-refractivity contribution in [3.8, 4) is 0 Å². The Kier molecular flexibility index (Phi) is 7.29. The van der Waals surface area contributed by atoms with Crippen molar-refractivity contribution in [1.82, 2.24) is 0 Å². The number of rotatable bonds is 6. The molecule has 1 N–H and O–H groups in total. The summed E-state index contributed by atoms with van der Waals surface area (Å²) in [6, 6.07) is 7.25. The first-order valence-electron chi connectivity index (χ1n) is 10.3. The zero-order valence-electron chi connectivity index (χ0n) is 18.8. The monoisotopic (exact) mass is 419 g/mol. The van der Waals surface area contributed by atoms with Gasteiger partial charge in [-0.25, -0.2) is 0 Å². The molecule has 4 atom stereocenters. The van der Waals surface area contributed by atoms with Gasteiger partial charge in [0, 0.05) is 32.1 Å². The van der Waals surface area contributed by atoms with Crippen LogP contribution in [0.15, 0.2) is 24.3 Å². The zero-order valence-corrected chi connectivity index (χ0v) is 18.8. The van der Waals surface area contributed by atoms with Gasteiger partial charge >= 0.3 is 11.9 Å². The average molecular weight is 420 g/mol. The second-order valence-corrected chi connectivity index (χ2v) is 8.94. The predicted molar refractivity (Wildman–Crippen MR) is 113 cm³/mol. The van der Waals surface area contributed by atoms with Crippen molar-refractivity contribution in [3.63, 3.8) is 0 Å². The van der Waals surface area contributed by atoms with Gasteiger partial charge in [0.1, 0.15) is 5.92 Å². The number of Topliss-reactive ketones (excluding diaryl/α,β-unsaturated/α-hetero) is 1. The van der Waals surface area contributed by atoms with Crippen molar-refractivity contribution >= 4 is 23.4 Å². The fourth-order valence-corrected chi connectivity index (χ4v) is 4.02. The molecule has 0 spiro atoms. The normalized spacial score (nSPS) is 26.6. The second kappa shape index (κ2) is 9.16. The molecule has 1 saturated carbocycles. The Morgan fingerprint density at radius 1 is 1.03 bits per heavy atom. The summed E-state index contributed by atoms with van der Waals surface area (Å²) < 4.78 is 10.8. The van der Waals surface area contributed by atoms with Gasteiger partial charge in [-0.05, 0) is 52.3 Å². The van der Waals surface area contributed by atoms with Crippen LogP contribution in [0, 0.1) is 11.8 Å². The van der Waals surface area contributed by atoms with Crippen molar-refractivity contribution in [3.05, 3.63) is 29.8 Å². The van der Waals surface area contributed by atoms with Crippen LogP contribution in [0.2, 0.25) is 0 Å². The van der Waals surface area contributed by atoms with Crippen LogP contribution >= 0.6 is 0 Å². The van der Waals surface area contributed by atoms with Crippen molar-refractivity contribution in [2.24, 2.45) is 11.8 Å². The summed E-state index contributed by atoms with van der Waals surface area (Å²) in [5.74, 6) is -4.94. The Morgan fingerprint density at radius 2 is 1.53 bits per heavy atom. The molecule has 166 valence electrons. The van der Waals surface area contributed by atoms with E-state index in [1.165, 1.54) is 6.92 Å². The summed E-state index contributed by atoms with van der Waals surface area (Å²) >= 11 is 0. The molecule has 0 saturated heterocycles. The van der Waals surface area contributed by atoms with E-state index in [1.54, 1.807) is 39.8 Å². The Labute approximate surface area is 178 Å². The molecule has 0 radical (unpaired) electrons. The van der Waals surface area contributed by atoms with Gasteiger partial charge in [0.15, 0.2) is 5.78 Å². The van der Waals surface area contributed by atoms with Gasteiger partial charge in [-0.3, -0.25) is 14.4 Å². The van der Waals surface area contributed by atoms with Crippen molar-refractivity contribution in [1.29, 1.82) is 0 Å². The summed E-state index contributed by atoms with van der Waals surface area (Å²) in [6.45, 7) is 8.28. The van der Waals surface area contributed by atoms with Crippen LogP contribution in [0.5, 0.6) is 0 Å². The van der Waals surface area contributed by atoms with Gasteiger partial charge in [-0.15, -0.1) is 0 Å². The molecule has 0 bridgehead atoms. The van der Waals surface area contributed by atoms with E-state index >= 15 is 0 Å². The second-order valence-electron chi connectivity index (χ2n) is 8.94. The fourth-order valence-electron chi connectivity index (χ4n) is 4.02. The number of benzene rings is 1. The first-order chi connectivity index (χ1) is 13.8. The molecule has 0 amide bonds. The van der Waals surface area contributed by atoms with E-state index in [2.05, 4.69) is 0 Å². The summed E-state index contributed by atoms with van der Waals surface area (Å²) in [6.07, 6.45) is -1.14. The molecule has 2 rings (SSSR count). The maximum Gasteiger partial charge on any atom is 0.317 e. The minimum atomic E-state index is -1.65. The number of ether oxygens (including phenoxy) is 2. The molecule has 7 heteroatoms.